The Hall–Kier alpha value is -2.50. The fourth-order valence-electron chi connectivity index (χ4n) is 8.29. The molecule has 5 rings (SSSR count). The summed E-state index contributed by atoms with van der Waals surface area (Å²) in [6.07, 6.45) is 10.4. The van der Waals surface area contributed by atoms with Gasteiger partial charge in [-0.25, -0.2) is 0 Å². The number of fused-ring (bicyclic) bond motifs is 5. The van der Waals surface area contributed by atoms with E-state index in [9.17, 15) is 9.59 Å². The highest BCUT2D eigenvalue weighted by atomic mass is 16.5. The lowest BCUT2D eigenvalue weighted by atomic mass is 9.47. The van der Waals surface area contributed by atoms with Crippen LogP contribution in [0.15, 0.2) is 30.4 Å². The molecule has 4 aliphatic rings. The molecule has 0 spiro atoms. The highest BCUT2D eigenvalue weighted by Gasteiger charge is 2.61. The summed E-state index contributed by atoms with van der Waals surface area (Å²) in [5.74, 6) is 3.29. The number of nitrogens with zero attached hydrogens (tertiary/aromatic N) is 1. The summed E-state index contributed by atoms with van der Waals surface area (Å²) in [5.41, 5.74) is 0.736. The van der Waals surface area contributed by atoms with Gasteiger partial charge in [0.15, 0.2) is 0 Å². The second-order valence-corrected chi connectivity index (χ2v) is 11.3. The lowest BCUT2D eigenvalue weighted by molar-refractivity contribution is -0.141. The summed E-state index contributed by atoms with van der Waals surface area (Å²) >= 11 is 0. The highest BCUT2D eigenvalue weighted by molar-refractivity contribution is 5.95. The Morgan fingerprint density at radius 1 is 1.06 bits per heavy atom. The Morgan fingerprint density at radius 2 is 1.85 bits per heavy atom. The molecule has 1 aromatic rings. The van der Waals surface area contributed by atoms with Gasteiger partial charge in [-0.2, -0.15) is 0 Å². The number of nitrogens with one attached hydrogen (secondary N) is 1. The quantitative estimate of drug-likeness (QED) is 0.686. The molecule has 3 aliphatic carbocycles. The molecule has 184 valence electrons. The van der Waals surface area contributed by atoms with Crippen molar-refractivity contribution in [3.05, 3.63) is 30.4 Å². The predicted molar refractivity (Wildman–Crippen MR) is 132 cm³/mol. The number of likely N-dealkylation sites (N-methyl/N-ethyl adjacent to an activating group) is 1. The first-order valence-corrected chi connectivity index (χ1v) is 12.7. The molecule has 0 bridgehead atoms. The molecule has 34 heavy (non-hydrogen) atoms. The fourth-order valence-corrected chi connectivity index (χ4v) is 8.29. The molecule has 3 saturated carbocycles. The Labute approximate surface area is 203 Å². The van der Waals surface area contributed by atoms with Gasteiger partial charge >= 0.3 is 0 Å². The number of ether oxygens (including phenoxy) is 2. The van der Waals surface area contributed by atoms with Gasteiger partial charge in [0, 0.05) is 30.5 Å². The summed E-state index contributed by atoms with van der Waals surface area (Å²) in [5, 5.41) is 3.17. The van der Waals surface area contributed by atoms with Crippen molar-refractivity contribution in [2.45, 2.75) is 58.4 Å². The molecule has 1 N–H and O–H groups in total. The Kier molecular flexibility index (Phi) is 5.69. The first-order valence-electron chi connectivity index (χ1n) is 12.7. The smallest absolute Gasteiger partial charge is 0.246 e. The zero-order chi connectivity index (χ0) is 24.3. The third-order valence-electron chi connectivity index (χ3n) is 10.1. The molecule has 6 nitrogen and oxygen atoms in total. The second-order valence-electron chi connectivity index (χ2n) is 11.3. The minimum absolute atomic E-state index is 0.00179. The number of benzene rings is 1. The molecule has 0 radical (unpaired) electrons. The molecule has 3 fully saturated rings. The third kappa shape index (κ3) is 3.36. The summed E-state index contributed by atoms with van der Waals surface area (Å²) in [6.45, 7) is 4.73. The van der Waals surface area contributed by atoms with E-state index in [-0.39, 0.29) is 28.6 Å². The van der Waals surface area contributed by atoms with Gasteiger partial charge in [-0.05, 0) is 79.9 Å². The third-order valence-corrected chi connectivity index (χ3v) is 10.1. The average molecular weight is 467 g/mol. The molecular formula is C28H38N2O4. The van der Waals surface area contributed by atoms with E-state index in [0.29, 0.717) is 41.0 Å². The number of hydrogen-bond donors (Lipinski definition) is 1. The summed E-state index contributed by atoms with van der Waals surface area (Å²) in [4.78, 5) is 27.9. The monoisotopic (exact) mass is 466 g/mol. The van der Waals surface area contributed by atoms with Crippen molar-refractivity contribution in [2.24, 2.45) is 34.5 Å². The second kappa shape index (κ2) is 8.31. The van der Waals surface area contributed by atoms with Crippen molar-refractivity contribution in [2.75, 3.05) is 26.6 Å². The van der Waals surface area contributed by atoms with E-state index < -0.39 is 0 Å². The van der Waals surface area contributed by atoms with Crippen molar-refractivity contribution in [3.63, 3.8) is 0 Å². The fraction of sp³-hybridized carbons (Fsp3) is 0.643. The maximum absolute atomic E-state index is 13.6. The van der Waals surface area contributed by atoms with E-state index in [4.69, 9.17) is 9.47 Å². The summed E-state index contributed by atoms with van der Waals surface area (Å²) in [6, 6.07) is 5.80. The zero-order valence-electron chi connectivity index (χ0n) is 21.1. The van der Waals surface area contributed by atoms with E-state index in [2.05, 4.69) is 25.2 Å². The number of anilines is 1. The maximum atomic E-state index is 13.6. The van der Waals surface area contributed by atoms with Crippen LogP contribution in [0.2, 0.25) is 0 Å². The molecule has 1 aliphatic heterocycles. The van der Waals surface area contributed by atoms with Gasteiger partial charge in [0.2, 0.25) is 11.8 Å². The van der Waals surface area contributed by atoms with Crippen LogP contribution in [-0.2, 0) is 9.59 Å². The van der Waals surface area contributed by atoms with Crippen LogP contribution < -0.4 is 14.8 Å². The van der Waals surface area contributed by atoms with Crippen molar-refractivity contribution < 1.29 is 19.1 Å². The summed E-state index contributed by atoms with van der Waals surface area (Å²) < 4.78 is 10.8. The Morgan fingerprint density at radius 3 is 2.59 bits per heavy atom. The molecule has 0 unspecified atom stereocenters. The van der Waals surface area contributed by atoms with E-state index in [1.165, 1.54) is 0 Å². The number of carbonyl (C=O) groups is 2. The minimum atomic E-state index is 0.00179. The zero-order valence-corrected chi connectivity index (χ0v) is 21.1. The first-order chi connectivity index (χ1) is 16.2. The maximum Gasteiger partial charge on any atom is 0.246 e. The van der Waals surface area contributed by atoms with Crippen LogP contribution in [0.5, 0.6) is 11.5 Å². The van der Waals surface area contributed by atoms with Gasteiger partial charge in [-0.1, -0.05) is 19.9 Å². The predicted octanol–water partition coefficient (Wildman–Crippen LogP) is 4.90. The van der Waals surface area contributed by atoms with Crippen LogP contribution in [0.1, 0.15) is 52.4 Å². The number of carbonyl (C=O) groups excluding carboxylic acids is 2. The molecule has 1 heterocycles. The Balaban J connectivity index is 1.36. The van der Waals surface area contributed by atoms with E-state index in [1.54, 1.807) is 26.4 Å². The standard InChI is InChI=1S/C28H38N2O4/c1-27-14-12-20-18(7-11-24-28(20,2)15-13-25(31)30(24)3)19(27)8-9-21(27)26(32)29-22-10-6-17(33-4)16-23(22)34-5/h6,10,13,15-16,18-21,24H,7-9,11-12,14H2,1-5H3,(H,29,32)/t18-,19-,20-,21+,24+,27-,28+/m0/s1. The van der Waals surface area contributed by atoms with Gasteiger partial charge in [0.1, 0.15) is 11.5 Å². The van der Waals surface area contributed by atoms with E-state index >= 15 is 0 Å². The van der Waals surface area contributed by atoms with Gasteiger partial charge in [0.25, 0.3) is 0 Å². The van der Waals surface area contributed by atoms with Crippen LogP contribution in [0.25, 0.3) is 0 Å². The molecule has 2 amide bonds. The molecule has 1 aromatic carbocycles. The molecular weight excluding hydrogens is 428 g/mol. The van der Waals surface area contributed by atoms with Crippen LogP contribution >= 0.6 is 0 Å². The van der Waals surface area contributed by atoms with Crippen molar-refractivity contribution in [1.82, 2.24) is 4.90 Å². The molecule has 6 heteroatoms. The summed E-state index contributed by atoms with van der Waals surface area (Å²) in [7, 11) is 5.20. The van der Waals surface area contributed by atoms with E-state index in [0.717, 1.165) is 38.5 Å². The molecule has 7 atom stereocenters. The van der Waals surface area contributed by atoms with Crippen molar-refractivity contribution >= 4 is 17.5 Å². The van der Waals surface area contributed by atoms with Crippen LogP contribution in [0.3, 0.4) is 0 Å². The number of rotatable bonds is 4. The first kappa shape index (κ1) is 23.3. The van der Waals surface area contributed by atoms with Crippen LogP contribution in [-0.4, -0.2) is 44.0 Å². The van der Waals surface area contributed by atoms with Gasteiger partial charge < -0.3 is 19.7 Å². The number of methoxy groups -OCH3 is 2. The highest BCUT2D eigenvalue weighted by Crippen LogP contribution is 2.65. The minimum Gasteiger partial charge on any atom is -0.497 e. The van der Waals surface area contributed by atoms with Gasteiger partial charge in [-0.15, -0.1) is 0 Å². The van der Waals surface area contributed by atoms with Gasteiger partial charge in [0.05, 0.1) is 19.9 Å². The topological polar surface area (TPSA) is 67.9 Å². The van der Waals surface area contributed by atoms with Gasteiger partial charge in [-0.3, -0.25) is 9.59 Å². The van der Waals surface area contributed by atoms with Crippen LogP contribution in [0.4, 0.5) is 5.69 Å². The van der Waals surface area contributed by atoms with Crippen molar-refractivity contribution in [1.29, 1.82) is 0 Å². The van der Waals surface area contributed by atoms with E-state index in [1.807, 2.05) is 24.1 Å². The lowest BCUT2D eigenvalue weighted by Crippen LogP contribution is -2.59. The number of amides is 2. The average Bonchev–Trinajstić information content (AvgIpc) is 3.19. The molecule has 0 saturated heterocycles. The largest absolute Gasteiger partial charge is 0.497 e. The van der Waals surface area contributed by atoms with Crippen LogP contribution in [0, 0.1) is 34.5 Å². The normalized spacial score (nSPS) is 38.6. The lowest BCUT2D eigenvalue weighted by Gasteiger charge is -2.60. The molecule has 0 aromatic heterocycles. The van der Waals surface area contributed by atoms with Crippen molar-refractivity contribution in [3.8, 4) is 11.5 Å². The SMILES string of the molecule is COc1ccc(NC(=O)[C@H]2CC[C@H]3[C@@H]4CC[C@H]5N(C)C(=O)C=C[C@]5(C)[C@H]4CC[C@]23C)c(OC)c1. The Bertz CT molecular complexity index is 1020. The number of hydrogen-bond acceptors (Lipinski definition) is 4.